The van der Waals surface area contributed by atoms with E-state index in [1.807, 2.05) is 34.9 Å². The van der Waals surface area contributed by atoms with E-state index < -0.39 is 0 Å². The maximum Gasteiger partial charge on any atom is 0.233 e. The third-order valence-corrected chi connectivity index (χ3v) is 4.45. The maximum absolute atomic E-state index is 6.09. The zero-order chi connectivity index (χ0) is 15.6. The molecular formula is C17H18ClN5. The van der Waals surface area contributed by atoms with Crippen molar-refractivity contribution in [2.45, 2.75) is 6.54 Å². The highest BCUT2D eigenvalue weighted by atomic mass is 35.5. The number of piperazine rings is 1. The molecule has 23 heavy (non-hydrogen) atoms. The molecule has 1 aliphatic rings. The van der Waals surface area contributed by atoms with Crippen LogP contribution in [0.1, 0.15) is 5.69 Å². The van der Waals surface area contributed by atoms with Crippen LogP contribution in [-0.2, 0) is 6.54 Å². The molecule has 4 rings (SSSR count). The van der Waals surface area contributed by atoms with E-state index in [0.29, 0.717) is 0 Å². The van der Waals surface area contributed by atoms with Crippen molar-refractivity contribution in [2.75, 3.05) is 31.1 Å². The van der Waals surface area contributed by atoms with Crippen LogP contribution < -0.4 is 4.90 Å². The Hall–Kier alpha value is -2.11. The van der Waals surface area contributed by atoms with Crippen LogP contribution in [0, 0.1) is 0 Å². The van der Waals surface area contributed by atoms with Gasteiger partial charge in [-0.05, 0) is 24.3 Å². The largest absolute Gasteiger partial charge is 0.369 e. The predicted molar refractivity (Wildman–Crippen MR) is 91.9 cm³/mol. The molecule has 0 N–H and O–H groups in total. The molecule has 0 atom stereocenters. The molecule has 1 fully saturated rings. The summed E-state index contributed by atoms with van der Waals surface area (Å²) in [6, 6.07) is 10.00. The van der Waals surface area contributed by atoms with Crippen LogP contribution >= 0.6 is 11.6 Å². The molecule has 1 saturated heterocycles. The lowest BCUT2D eigenvalue weighted by Crippen LogP contribution is -2.46. The molecule has 0 unspecified atom stereocenters. The van der Waals surface area contributed by atoms with Gasteiger partial charge < -0.3 is 4.90 Å². The topological polar surface area (TPSA) is 36.7 Å². The second kappa shape index (κ2) is 6.18. The van der Waals surface area contributed by atoms with Crippen LogP contribution in [0.2, 0.25) is 5.02 Å². The predicted octanol–water partition coefficient (Wildman–Crippen LogP) is 2.70. The number of anilines is 1. The van der Waals surface area contributed by atoms with Gasteiger partial charge in [-0.3, -0.25) is 9.30 Å². The Morgan fingerprint density at radius 3 is 2.74 bits per heavy atom. The first-order valence-corrected chi connectivity index (χ1v) is 8.17. The van der Waals surface area contributed by atoms with Crippen molar-refractivity contribution >= 4 is 23.1 Å². The van der Waals surface area contributed by atoms with Gasteiger partial charge in [0.2, 0.25) is 5.78 Å². The highest BCUT2D eigenvalue weighted by molar-refractivity contribution is 6.30. The minimum atomic E-state index is 0.764. The quantitative estimate of drug-likeness (QED) is 0.741. The van der Waals surface area contributed by atoms with Gasteiger partial charge in [-0.1, -0.05) is 17.7 Å². The van der Waals surface area contributed by atoms with Gasteiger partial charge in [-0.2, -0.15) is 0 Å². The van der Waals surface area contributed by atoms with Gasteiger partial charge in [0.1, 0.15) is 0 Å². The number of benzene rings is 1. The Labute approximate surface area is 140 Å². The molecule has 6 heteroatoms. The van der Waals surface area contributed by atoms with Crippen molar-refractivity contribution in [3.8, 4) is 0 Å². The normalized spacial score (nSPS) is 16.1. The molecule has 0 radical (unpaired) electrons. The first-order chi connectivity index (χ1) is 11.3. The van der Waals surface area contributed by atoms with E-state index >= 15 is 0 Å². The minimum Gasteiger partial charge on any atom is -0.369 e. The van der Waals surface area contributed by atoms with Gasteiger partial charge in [0.25, 0.3) is 0 Å². The van der Waals surface area contributed by atoms with Crippen LogP contribution in [-0.4, -0.2) is 45.4 Å². The van der Waals surface area contributed by atoms with Crippen LogP contribution in [0.3, 0.4) is 0 Å². The van der Waals surface area contributed by atoms with Crippen molar-refractivity contribution in [1.29, 1.82) is 0 Å². The van der Waals surface area contributed by atoms with E-state index in [1.54, 1.807) is 6.20 Å². The van der Waals surface area contributed by atoms with Crippen molar-refractivity contribution < 1.29 is 0 Å². The molecule has 0 bridgehead atoms. The molecule has 1 aliphatic heterocycles. The monoisotopic (exact) mass is 327 g/mol. The zero-order valence-electron chi connectivity index (χ0n) is 12.8. The molecule has 0 saturated carbocycles. The van der Waals surface area contributed by atoms with Crippen LogP contribution in [0.4, 0.5) is 5.69 Å². The highest BCUT2D eigenvalue weighted by Crippen LogP contribution is 2.21. The van der Waals surface area contributed by atoms with Crippen LogP contribution in [0.15, 0.2) is 48.9 Å². The first-order valence-electron chi connectivity index (χ1n) is 7.79. The molecule has 0 spiro atoms. The fourth-order valence-electron chi connectivity index (χ4n) is 3.02. The molecule has 0 amide bonds. The molecule has 0 aliphatic carbocycles. The smallest absolute Gasteiger partial charge is 0.233 e. The average molecular weight is 328 g/mol. The Kier molecular flexibility index (Phi) is 3.89. The summed E-state index contributed by atoms with van der Waals surface area (Å²) in [5, 5.41) is 0.794. The van der Waals surface area contributed by atoms with Crippen molar-refractivity contribution in [1.82, 2.24) is 19.3 Å². The number of imidazole rings is 1. The van der Waals surface area contributed by atoms with Crippen molar-refractivity contribution in [2.24, 2.45) is 0 Å². The fraction of sp³-hybridized carbons (Fsp3) is 0.294. The summed E-state index contributed by atoms with van der Waals surface area (Å²) < 4.78 is 1.97. The van der Waals surface area contributed by atoms with Gasteiger partial charge in [-0.25, -0.2) is 9.97 Å². The molecular weight excluding hydrogens is 310 g/mol. The summed E-state index contributed by atoms with van der Waals surface area (Å²) in [5.41, 5.74) is 2.27. The number of fused-ring (bicyclic) bond motifs is 1. The SMILES string of the molecule is Clc1cccc(N2CCN(Cc3cn4cccnc4n3)CC2)c1. The lowest BCUT2D eigenvalue weighted by atomic mass is 10.2. The van der Waals surface area contributed by atoms with E-state index in [2.05, 4.69) is 32.0 Å². The van der Waals surface area contributed by atoms with Crippen LogP contribution in [0.5, 0.6) is 0 Å². The summed E-state index contributed by atoms with van der Waals surface area (Å²) in [6.45, 7) is 4.92. The summed E-state index contributed by atoms with van der Waals surface area (Å²) in [5.74, 6) is 0.764. The number of rotatable bonds is 3. The summed E-state index contributed by atoms with van der Waals surface area (Å²) >= 11 is 6.09. The van der Waals surface area contributed by atoms with Crippen molar-refractivity contribution in [3.05, 3.63) is 59.6 Å². The molecule has 1 aromatic carbocycles. The van der Waals surface area contributed by atoms with E-state index in [9.17, 15) is 0 Å². The van der Waals surface area contributed by atoms with Gasteiger partial charge in [0, 0.05) is 62.0 Å². The van der Waals surface area contributed by atoms with Gasteiger partial charge >= 0.3 is 0 Å². The van der Waals surface area contributed by atoms with Gasteiger partial charge in [0.05, 0.1) is 5.69 Å². The molecule has 2 aromatic heterocycles. The number of nitrogens with zero attached hydrogens (tertiary/aromatic N) is 5. The Morgan fingerprint density at radius 1 is 1.09 bits per heavy atom. The van der Waals surface area contributed by atoms with Crippen molar-refractivity contribution in [3.63, 3.8) is 0 Å². The number of halogens is 1. The Balaban J connectivity index is 1.39. The third kappa shape index (κ3) is 3.16. The summed E-state index contributed by atoms with van der Waals surface area (Å²) in [6.07, 6.45) is 5.82. The summed E-state index contributed by atoms with van der Waals surface area (Å²) in [4.78, 5) is 13.7. The third-order valence-electron chi connectivity index (χ3n) is 4.22. The fourth-order valence-corrected chi connectivity index (χ4v) is 3.21. The van der Waals surface area contributed by atoms with Gasteiger partial charge in [0.15, 0.2) is 0 Å². The molecule has 118 valence electrons. The zero-order valence-corrected chi connectivity index (χ0v) is 13.5. The number of hydrogen-bond donors (Lipinski definition) is 0. The molecule has 3 heterocycles. The maximum atomic E-state index is 6.09. The van der Waals surface area contributed by atoms with Gasteiger partial charge in [-0.15, -0.1) is 0 Å². The Bertz CT molecular complexity index is 774. The Morgan fingerprint density at radius 2 is 1.96 bits per heavy atom. The highest BCUT2D eigenvalue weighted by Gasteiger charge is 2.18. The van der Waals surface area contributed by atoms with E-state index in [4.69, 9.17) is 11.6 Å². The number of aromatic nitrogens is 3. The lowest BCUT2D eigenvalue weighted by molar-refractivity contribution is 0.247. The molecule has 5 nitrogen and oxygen atoms in total. The molecule has 3 aromatic rings. The van der Waals surface area contributed by atoms with Crippen LogP contribution in [0.25, 0.3) is 5.78 Å². The lowest BCUT2D eigenvalue weighted by Gasteiger charge is -2.35. The second-order valence-electron chi connectivity index (χ2n) is 5.80. The summed E-state index contributed by atoms with van der Waals surface area (Å²) in [7, 11) is 0. The second-order valence-corrected chi connectivity index (χ2v) is 6.24. The number of hydrogen-bond acceptors (Lipinski definition) is 4. The van der Waals surface area contributed by atoms with E-state index in [1.165, 1.54) is 5.69 Å². The average Bonchev–Trinajstić information content (AvgIpc) is 2.98. The standard InChI is InChI=1S/C17H18ClN5/c18-14-3-1-4-16(11-14)22-9-7-21(8-10-22)12-15-13-23-6-2-5-19-17(23)20-15/h1-6,11,13H,7-10,12H2. The van der Waals surface area contributed by atoms with E-state index in [-0.39, 0.29) is 0 Å². The van der Waals surface area contributed by atoms with E-state index in [0.717, 1.165) is 49.2 Å². The minimum absolute atomic E-state index is 0.764. The first kappa shape index (κ1) is 14.5.